The van der Waals surface area contributed by atoms with Crippen LogP contribution in [0.4, 0.5) is 13.2 Å². The molecule has 2 nitrogen and oxygen atoms in total. The number of benzene rings is 1. The van der Waals surface area contributed by atoms with E-state index in [1.807, 2.05) is 13.8 Å². The zero-order valence-electron chi connectivity index (χ0n) is 10.3. The lowest BCUT2D eigenvalue weighted by Gasteiger charge is -2.15. The number of hydrogen-bond donors (Lipinski definition) is 0. The van der Waals surface area contributed by atoms with Crippen LogP contribution in [0.1, 0.15) is 19.4 Å². The van der Waals surface area contributed by atoms with Crippen molar-refractivity contribution in [2.24, 2.45) is 5.92 Å². The van der Waals surface area contributed by atoms with Gasteiger partial charge in [0.25, 0.3) is 0 Å². The van der Waals surface area contributed by atoms with Gasteiger partial charge in [0.2, 0.25) is 0 Å². The summed E-state index contributed by atoms with van der Waals surface area (Å²) in [6, 6.07) is 4.17. The molecule has 0 aliphatic rings. The minimum absolute atomic E-state index is 0.0680. The summed E-state index contributed by atoms with van der Waals surface area (Å²) in [7, 11) is 0. The summed E-state index contributed by atoms with van der Waals surface area (Å²) in [6.45, 7) is 7.68. The van der Waals surface area contributed by atoms with E-state index in [2.05, 4.69) is 11.3 Å². The van der Waals surface area contributed by atoms with Gasteiger partial charge in [-0.15, -0.1) is 13.2 Å². The predicted octanol–water partition coefficient (Wildman–Crippen LogP) is 4.26. The Labute approximate surface area is 104 Å². The average molecular weight is 260 g/mol. The van der Waals surface area contributed by atoms with Gasteiger partial charge in [-0.05, 0) is 23.6 Å². The highest BCUT2D eigenvalue weighted by Crippen LogP contribution is 2.33. The summed E-state index contributed by atoms with van der Waals surface area (Å²) >= 11 is 0. The molecule has 0 saturated carbocycles. The number of rotatable bonds is 5. The predicted molar refractivity (Wildman–Crippen MR) is 63.5 cm³/mol. The smallest absolute Gasteiger partial charge is 0.489 e. The molecule has 0 atom stereocenters. The van der Waals surface area contributed by atoms with Gasteiger partial charge >= 0.3 is 6.36 Å². The summed E-state index contributed by atoms with van der Waals surface area (Å²) in [6.07, 6.45) is -3.20. The first-order valence-electron chi connectivity index (χ1n) is 5.47. The minimum Gasteiger partial charge on any atom is -0.489 e. The van der Waals surface area contributed by atoms with Crippen LogP contribution in [0.3, 0.4) is 0 Å². The van der Waals surface area contributed by atoms with Gasteiger partial charge in [0.1, 0.15) is 0 Å². The summed E-state index contributed by atoms with van der Waals surface area (Å²) in [5.41, 5.74) is 0.670. The zero-order chi connectivity index (χ0) is 13.8. The van der Waals surface area contributed by atoms with Crippen molar-refractivity contribution in [2.75, 3.05) is 6.61 Å². The van der Waals surface area contributed by atoms with Gasteiger partial charge < -0.3 is 9.47 Å². The molecule has 0 aliphatic heterocycles. The first-order chi connectivity index (χ1) is 8.31. The van der Waals surface area contributed by atoms with Crippen LogP contribution in [0.15, 0.2) is 24.8 Å². The highest BCUT2D eigenvalue weighted by atomic mass is 19.4. The van der Waals surface area contributed by atoms with E-state index in [1.54, 1.807) is 0 Å². The lowest BCUT2D eigenvalue weighted by atomic mass is 10.2. The molecule has 100 valence electrons. The van der Waals surface area contributed by atoms with E-state index in [0.717, 1.165) is 0 Å². The SMILES string of the molecule is C=Cc1ccc(OC(F)(F)F)c(OCC(C)C)c1. The Morgan fingerprint density at radius 1 is 1.28 bits per heavy atom. The van der Waals surface area contributed by atoms with Gasteiger partial charge in [-0.2, -0.15) is 0 Å². The van der Waals surface area contributed by atoms with Crippen molar-refractivity contribution in [3.8, 4) is 11.5 Å². The van der Waals surface area contributed by atoms with Crippen molar-refractivity contribution in [2.45, 2.75) is 20.2 Å². The van der Waals surface area contributed by atoms with Crippen LogP contribution in [0.25, 0.3) is 6.08 Å². The van der Waals surface area contributed by atoms with E-state index in [9.17, 15) is 13.2 Å². The minimum atomic E-state index is -4.73. The van der Waals surface area contributed by atoms with Crippen LogP contribution in [0.5, 0.6) is 11.5 Å². The molecule has 0 saturated heterocycles. The van der Waals surface area contributed by atoms with Crippen LogP contribution in [-0.2, 0) is 0 Å². The fourth-order valence-electron chi connectivity index (χ4n) is 1.23. The molecule has 1 aromatic carbocycles. The molecule has 18 heavy (non-hydrogen) atoms. The molecule has 1 aromatic rings. The van der Waals surface area contributed by atoms with E-state index in [0.29, 0.717) is 12.2 Å². The Hall–Kier alpha value is -1.65. The van der Waals surface area contributed by atoms with Crippen molar-refractivity contribution in [1.29, 1.82) is 0 Å². The maximum Gasteiger partial charge on any atom is 0.573 e. The topological polar surface area (TPSA) is 18.5 Å². The van der Waals surface area contributed by atoms with E-state index >= 15 is 0 Å². The molecule has 0 spiro atoms. The standard InChI is InChI=1S/C13H15F3O2/c1-4-10-5-6-11(18-13(14,15)16)12(7-10)17-8-9(2)3/h4-7,9H,1,8H2,2-3H3. The van der Waals surface area contributed by atoms with Crippen LogP contribution >= 0.6 is 0 Å². The van der Waals surface area contributed by atoms with E-state index in [4.69, 9.17) is 4.74 Å². The Kier molecular flexibility index (Phi) is 4.64. The van der Waals surface area contributed by atoms with Crippen molar-refractivity contribution >= 4 is 6.08 Å². The van der Waals surface area contributed by atoms with E-state index in [1.165, 1.54) is 24.3 Å². The third-order valence-corrected chi connectivity index (χ3v) is 2.00. The highest BCUT2D eigenvalue weighted by molar-refractivity contribution is 5.54. The van der Waals surface area contributed by atoms with Crippen molar-refractivity contribution in [1.82, 2.24) is 0 Å². The first kappa shape index (κ1) is 14.4. The Bertz CT molecular complexity index is 411. The quantitative estimate of drug-likeness (QED) is 0.787. The molecule has 0 unspecified atom stereocenters. The molecule has 0 aliphatic carbocycles. The molecule has 0 radical (unpaired) electrons. The normalized spacial score (nSPS) is 11.4. The Morgan fingerprint density at radius 3 is 2.44 bits per heavy atom. The second kappa shape index (κ2) is 5.80. The number of ether oxygens (including phenoxy) is 2. The summed E-state index contributed by atoms with van der Waals surface area (Å²) in [4.78, 5) is 0. The van der Waals surface area contributed by atoms with Gasteiger partial charge in [0.15, 0.2) is 11.5 Å². The van der Waals surface area contributed by atoms with Gasteiger partial charge in [-0.3, -0.25) is 0 Å². The molecule has 5 heteroatoms. The number of alkyl halides is 3. The highest BCUT2D eigenvalue weighted by Gasteiger charge is 2.32. The van der Waals surface area contributed by atoms with Crippen molar-refractivity contribution in [3.63, 3.8) is 0 Å². The van der Waals surface area contributed by atoms with Crippen LogP contribution < -0.4 is 9.47 Å². The lowest BCUT2D eigenvalue weighted by molar-refractivity contribution is -0.275. The van der Waals surface area contributed by atoms with Crippen molar-refractivity contribution in [3.05, 3.63) is 30.3 Å². The molecule has 0 amide bonds. The Morgan fingerprint density at radius 2 is 1.94 bits per heavy atom. The maximum atomic E-state index is 12.2. The fourth-order valence-corrected chi connectivity index (χ4v) is 1.23. The van der Waals surface area contributed by atoms with Crippen LogP contribution in [0, 0.1) is 5.92 Å². The second-order valence-corrected chi connectivity index (χ2v) is 4.16. The van der Waals surface area contributed by atoms with Gasteiger partial charge in [0, 0.05) is 0 Å². The van der Waals surface area contributed by atoms with Gasteiger partial charge in [-0.25, -0.2) is 0 Å². The summed E-state index contributed by atoms with van der Waals surface area (Å²) in [5, 5.41) is 0. The molecule has 0 heterocycles. The molecule has 0 fully saturated rings. The summed E-state index contributed by atoms with van der Waals surface area (Å²) in [5.74, 6) is -0.0664. The molecule has 0 N–H and O–H groups in total. The molecular formula is C13H15F3O2. The Balaban J connectivity index is 2.96. The van der Waals surface area contributed by atoms with Crippen LogP contribution in [-0.4, -0.2) is 13.0 Å². The van der Waals surface area contributed by atoms with Gasteiger partial charge in [0.05, 0.1) is 6.61 Å². The third-order valence-electron chi connectivity index (χ3n) is 2.00. The second-order valence-electron chi connectivity index (χ2n) is 4.16. The number of halogens is 3. The number of hydrogen-bond acceptors (Lipinski definition) is 2. The van der Waals surface area contributed by atoms with Gasteiger partial charge in [-0.1, -0.05) is 32.6 Å². The molecule has 0 bridgehead atoms. The first-order valence-corrected chi connectivity index (χ1v) is 5.47. The maximum absolute atomic E-state index is 12.2. The molecule has 0 aromatic heterocycles. The van der Waals surface area contributed by atoms with Crippen molar-refractivity contribution < 1.29 is 22.6 Å². The monoisotopic (exact) mass is 260 g/mol. The lowest BCUT2D eigenvalue weighted by Crippen LogP contribution is -2.18. The third kappa shape index (κ3) is 4.69. The summed E-state index contributed by atoms with van der Waals surface area (Å²) < 4.78 is 45.8. The van der Waals surface area contributed by atoms with Crippen LogP contribution in [0.2, 0.25) is 0 Å². The molecule has 1 rings (SSSR count). The zero-order valence-corrected chi connectivity index (χ0v) is 10.3. The largest absolute Gasteiger partial charge is 0.573 e. The van der Waals surface area contributed by atoms with E-state index in [-0.39, 0.29) is 17.4 Å². The fraction of sp³-hybridized carbons (Fsp3) is 0.385. The molecular weight excluding hydrogens is 245 g/mol. The average Bonchev–Trinajstić information content (AvgIpc) is 2.25. The van der Waals surface area contributed by atoms with E-state index < -0.39 is 6.36 Å².